The maximum Gasteiger partial charge on any atom is 0.249 e. The summed E-state index contributed by atoms with van der Waals surface area (Å²) in [5, 5.41) is 7.13. The highest BCUT2D eigenvalue weighted by Crippen LogP contribution is 2.32. The van der Waals surface area contributed by atoms with Gasteiger partial charge in [0.05, 0.1) is 6.54 Å². The van der Waals surface area contributed by atoms with Crippen LogP contribution in [0.2, 0.25) is 0 Å². The van der Waals surface area contributed by atoms with Gasteiger partial charge in [-0.2, -0.15) is 11.3 Å². The second-order valence-electron chi connectivity index (χ2n) is 5.93. The minimum absolute atomic E-state index is 0.0145. The lowest BCUT2D eigenvalue weighted by Gasteiger charge is -2.44. The smallest absolute Gasteiger partial charge is 0.249 e. The maximum absolute atomic E-state index is 12.8. The van der Waals surface area contributed by atoms with E-state index in [4.69, 9.17) is 0 Å². The van der Waals surface area contributed by atoms with Gasteiger partial charge < -0.3 is 10.2 Å². The van der Waals surface area contributed by atoms with Crippen LogP contribution in [-0.4, -0.2) is 28.8 Å². The zero-order chi connectivity index (χ0) is 14.2. The Morgan fingerprint density at radius 2 is 2.00 bits per heavy atom. The van der Waals surface area contributed by atoms with Crippen LogP contribution in [-0.2, 0) is 16.1 Å². The van der Waals surface area contributed by atoms with E-state index >= 15 is 0 Å². The number of thiophene rings is 1. The van der Waals surface area contributed by atoms with Crippen molar-refractivity contribution in [2.45, 2.75) is 51.1 Å². The first-order valence-electron chi connectivity index (χ1n) is 7.23. The minimum atomic E-state index is -0.614. The van der Waals surface area contributed by atoms with Gasteiger partial charge in [0, 0.05) is 6.54 Å². The maximum atomic E-state index is 12.8. The molecule has 0 unspecified atom stereocenters. The fourth-order valence-electron chi connectivity index (χ4n) is 3.28. The van der Waals surface area contributed by atoms with Crippen LogP contribution in [0.15, 0.2) is 10.8 Å². The van der Waals surface area contributed by atoms with Gasteiger partial charge in [-0.1, -0.05) is 19.3 Å². The summed E-state index contributed by atoms with van der Waals surface area (Å²) in [6.07, 6.45) is 4.79. The second kappa shape index (κ2) is 5.20. The van der Waals surface area contributed by atoms with Crippen LogP contribution in [0.4, 0.5) is 0 Å². The Bertz CT molecular complexity index is 532. The predicted molar refractivity (Wildman–Crippen MR) is 78.4 cm³/mol. The third-order valence-corrected chi connectivity index (χ3v) is 5.35. The Morgan fingerprint density at radius 3 is 2.65 bits per heavy atom. The van der Waals surface area contributed by atoms with Crippen molar-refractivity contribution in [3.05, 3.63) is 21.9 Å². The van der Waals surface area contributed by atoms with Gasteiger partial charge in [0.1, 0.15) is 5.54 Å². The number of amides is 2. The SMILES string of the molecule is Cc1cscc1CN1CC(=O)NC2(CCCCC2)C1=O. The van der Waals surface area contributed by atoms with Gasteiger partial charge in [0.2, 0.25) is 11.8 Å². The number of hydrogen-bond acceptors (Lipinski definition) is 3. The zero-order valence-corrected chi connectivity index (χ0v) is 12.6. The summed E-state index contributed by atoms with van der Waals surface area (Å²) >= 11 is 1.65. The average molecular weight is 292 g/mol. The van der Waals surface area contributed by atoms with Crippen molar-refractivity contribution in [2.24, 2.45) is 0 Å². The lowest BCUT2D eigenvalue weighted by atomic mass is 9.79. The molecule has 2 amide bonds. The molecule has 1 aliphatic heterocycles. The van der Waals surface area contributed by atoms with E-state index in [0.29, 0.717) is 6.54 Å². The molecule has 3 rings (SSSR count). The standard InChI is InChI=1S/C15H20N2O2S/c1-11-9-20-10-12(11)7-17-8-13(18)16-15(14(17)19)5-3-2-4-6-15/h9-10H,2-8H2,1H3,(H,16,18). The van der Waals surface area contributed by atoms with Crippen molar-refractivity contribution in [3.63, 3.8) is 0 Å². The van der Waals surface area contributed by atoms with Crippen LogP contribution >= 0.6 is 11.3 Å². The lowest BCUT2D eigenvalue weighted by molar-refractivity contribution is -0.152. The van der Waals surface area contributed by atoms with Gasteiger partial charge in [-0.3, -0.25) is 9.59 Å². The van der Waals surface area contributed by atoms with Crippen molar-refractivity contribution in [3.8, 4) is 0 Å². The molecule has 108 valence electrons. The summed E-state index contributed by atoms with van der Waals surface area (Å²) in [6.45, 7) is 2.80. The number of aryl methyl sites for hydroxylation is 1. The highest BCUT2D eigenvalue weighted by molar-refractivity contribution is 7.08. The van der Waals surface area contributed by atoms with Crippen molar-refractivity contribution < 1.29 is 9.59 Å². The molecule has 20 heavy (non-hydrogen) atoms. The molecule has 1 N–H and O–H groups in total. The molecule has 1 aromatic rings. The minimum Gasteiger partial charge on any atom is -0.340 e. The third kappa shape index (κ3) is 2.35. The topological polar surface area (TPSA) is 49.4 Å². The molecule has 2 fully saturated rings. The van der Waals surface area contributed by atoms with Crippen LogP contribution in [0.3, 0.4) is 0 Å². The van der Waals surface area contributed by atoms with E-state index in [1.54, 1.807) is 16.2 Å². The molecule has 1 spiro atoms. The molecule has 0 bridgehead atoms. The molecule has 0 radical (unpaired) electrons. The quantitative estimate of drug-likeness (QED) is 0.908. The van der Waals surface area contributed by atoms with Crippen molar-refractivity contribution in [1.29, 1.82) is 0 Å². The van der Waals surface area contributed by atoms with Crippen molar-refractivity contribution in [2.75, 3.05) is 6.54 Å². The molecule has 0 atom stereocenters. The Balaban J connectivity index is 1.82. The van der Waals surface area contributed by atoms with E-state index in [-0.39, 0.29) is 18.4 Å². The third-order valence-electron chi connectivity index (χ3n) is 4.44. The van der Waals surface area contributed by atoms with Crippen LogP contribution in [0.25, 0.3) is 0 Å². The van der Waals surface area contributed by atoms with Crippen molar-refractivity contribution in [1.82, 2.24) is 10.2 Å². The number of piperazine rings is 1. The Kier molecular flexibility index (Phi) is 3.54. The number of hydrogen-bond donors (Lipinski definition) is 1. The molecular formula is C15H20N2O2S. The van der Waals surface area contributed by atoms with Crippen molar-refractivity contribution >= 4 is 23.2 Å². The van der Waals surface area contributed by atoms with Gasteiger partial charge >= 0.3 is 0 Å². The molecule has 2 heterocycles. The van der Waals surface area contributed by atoms with Crippen LogP contribution in [0.1, 0.15) is 43.2 Å². The summed E-state index contributed by atoms with van der Waals surface area (Å²) in [7, 11) is 0. The summed E-state index contributed by atoms with van der Waals surface area (Å²) in [4.78, 5) is 26.5. The number of carbonyl (C=O) groups is 2. The van der Waals surface area contributed by atoms with Crippen LogP contribution in [0, 0.1) is 6.92 Å². The molecular weight excluding hydrogens is 272 g/mol. The molecule has 2 aliphatic rings. The fraction of sp³-hybridized carbons (Fsp3) is 0.600. The predicted octanol–water partition coefficient (Wildman–Crippen LogP) is 2.22. The van der Waals surface area contributed by atoms with E-state index in [0.717, 1.165) is 37.7 Å². The summed E-state index contributed by atoms with van der Waals surface area (Å²) in [6, 6.07) is 0. The van der Waals surface area contributed by atoms with Crippen LogP contribution in [0.5, 0.6) is 0 Å². The number of rotatable bonds is 2. The van der Waals surface area contributed by atoms with Crippen LogP contribution < -0.4 is 5.32 Å². The monoisotopic (exact) mass is 292 g/mol. The van der Waals surface area contributed by atoms with Gasteiger partial charge in [-0.05, 0) is 41.7 Å². The van der Waals surface area contributed by atoms with E-state index in [1.807, 2.05) is 0 Å². The largest absolute Gasteiger partial charge is 0.340 e. The summed E-state index contributed by atoms with van der Waals surface area (Å²) < 4.78 is 0. The first-order chi connectivity index (χ1) is 9.61. The van der Waals surface area contributed by atoms with E-state index in [9.17, 15) is 9.59 Å². The number of carbonyl (C=O) groups excluding carboxylic acids is 2. The molecule has 1 saturated heterocycles. The lowest BCUT2D eigenvalue weighted by Crippen LogP contribution is -2.66. The Hall–Kier alpha value is -1.36. The average Bonchev–Trinajstić information content (AvgIpc) is 2.82. The van der Waals surface area contributed by atoms with Gasteiger partial charge in [0.15, 0.2) is 0 Å². The first kappa shape index (κ1) is 13.6. The fourth-order valence-corrected chi connectivity index (χ4v) is 4.13. The summed E-state index contributed by atoms with van der Waals surface area (Å²) in [5.41, 5.74) is 1.74. The van der Waals surface area contributed by atoms with E-state index in [1.165, 1.54) is 5.56 Å². The number of nitrogens with zero attached hydrogens (tertiary/aromatic N) is 1. The zero-order valence-electron chi connectivity index (χ0n) is 11.8. The molecule has 4 nitrogen and oxygen atoms in total. The normalized spacial score (nSPS) is 22.1. The molecule has 0 aromatic carbocycles. The molecule has 1 aliphatic carbocycles. The van der Waals surface area contributed by atoms with E-state index < -0.39 is 5.54 Å². The molecule has 5 heteroatoms. The second-order valence-corrected chi connectivity index (χ2v) is 6.68. The highest BCUT2D eigenvalue weighted by Gasteiger charge is 2.46. The van der Waals surface area contributed by atoms with Gasteiger partial charge in [-0.25, -0.2) is 0 Å². The number of nitrogens with one attached hydrogen (secondary N) is 1. The molecule has 1 aromatic heterocycles. The van der Waals surface area contributed by atoms with E-state index in [2.05, 4.69) is 23.0 Å². The first-order valence-corrected chi connectivity index (χ1v) is 8.17. The van der Waals surface area contributed by atoms with Gasteiger partial charge in [-0.15, -0.1) is 0 Å². The molecule has 1 saturated carbocycles. The van der Waals surface area contributed by atoms with Gasteiger partial charge in [0.25, 0.3) is 0 Å². The Morgan fingerprint density at radius 1 is 1.25 bits per heavy atom. The summed E-state index contributed by atoms with van der Waals surface area (Å²) in [5.74, 6) is 0.0989. The highest BCUT2D eigenvalue weighted by atomic mass is 32.1. The Labute approximate surface area is 123 Å².